The lowest BCUT2D eigenvalue weighted by Gasteiger charge is -2.31. The lowest BCUT2D eigenvalue weighted by molar-refractivity contribution is 0.292. The average molecular weight is 302 g/mol. The lowest BCUT2D eigenvalue weighted by atomic mass is 10.1. The molecule has 1 heterocycles. The minimum atomic E-state index is -3.61. The van der Waals surface area contributed by atoms with Gasteiger partial charge in [-0.15, -0.1) is 0 Å². The van der Waals surface area contributed by atoms with Crippen LogP contribution >= 0.6 is 0 Å². The summed E-state index contributed by atoms with van der Waals surface area (Å²) in [5.41, 5.74) is 0. The molecule has 0 amide bonds. The molecule has 1 N–H and O–H groups in total. The van der Waals surface area contributed by atoms with Gasteiger partial charge < -0.3 is 10.1 Å². The molecule has 1 fully saturated rings. The molecule has 1 aromatic rings. The van der Waals surface area contributed by atoms with Crippen LogP contribution < -0.4 is 10.1 Å². The maximum Gasteiger partial charge on any atom is 0.243 e. The quantitative estimate of drug-likeness (QED) is 0.908. The molecule has 7 heteroatoms. The molecule has 0 aromatic heterocycles. The highest BCUT2D eigenvalue weighted by Crippen LogP contribution is 2.25. The molecule has 2 rings (SSSR count). The number of benzene rings is 1. The molecule has 1 aliphatic rings. The van der Waals surface area contributed by atoms with Crippen LogP contribution in [0.2, 0.25) is 0 Å². The van der Waals surface area contributed by atoms with Gasteiger partial charge in [0.15, 0.2) is 11.6 Å². The highest BCUT2D eigenvalue weighted by molar-refractivity contribution is 7.89. The zero-order valence-electron chi connectivity index (χ0n) is 11.6. The molecule has 1 unspecified atom stereocenters. The smallest absolute Gasteiger partial charge is 0.243 e. The number of rotatable bonds is 4. The van der Waals surface area contributed by atoms with Gasteiger partial charge in [-0.2, -0.15) is 4.31 Å². The van der Waals surface area contributed by atoms with Crippen molar-refractivity contribution in [3.05, 3.63) is 24.0 Å². The Bertz CT molecular complexity index is 577. The highest BCUT2D eigenvalue weighted by atomic mass is 32.2. The Balaban J connectivity index is 2.30. The summed E-state index contributed by atoms with van der Waals surface area (Å²) < 4.78 is 44.7. The van der Waals surface area contributed by atoms with E-state index < -0.39 is 15.8 Å². The summed E-state index contributed by atoms with van der Waals surface area (Å²) >= 11 is 0. The number of nitrogens with zero attached hydrogens (tertiary/aromatic N) is 1. The number of ether oxygens (including phenoxy) is 1. The number of halogens is 1. The topological polar surface area (TPSA) is 58.6 Å². The monoisotopic (exact) mass is 302 g/mol. The summed E-state index contributed by atoms with van der Waals surface area (Å²) in [5.74, 6) is -0.633. The fourth-order valence-corrected chi connectivity index (χ4v) is 3.89. The van der Waals surface area contributed by atoms with Crippen LogP contribution in [0.3, 0.4) is 0 Å². The van der Waals surface area contributed by atoms with E-state index in [0.29, 0.717) is 13.1 Å². The second kappa shape index (κ2) is 6.07. The van der Waals surface area contributed by atoms with Crippen molar-refractivity contribution in [2.75, 3.05) is 27.2 Å². The SMILES string of the molecule is CNC1CCCN(S(=O)(=O)c2ccc(F)c(OC)c2)C1. The van der Waals surface area contributed by atoms with Crippen LogP contribution in [-0.2, 0) is 10.0 Å². The van der Waals surface area contributed by atoms with Crippen LogP contribution in [0.15, 0.2) is 23.1 Å². The fraction of sp³-hybridized carbons (Fsp3) is 0.538. The average Bonchev–Trinajstić information content (AvgIpc) is 2.47. The third-order valence-corrected chi connectivity index (χ3v) is 5.41. The van der Waals surface area contributed by atoms with Crippen LogP contribution in [0.5, 0.6) is 5.75 Å². The maximum absolute atomic E-state index is 13.4. The molecule has 112 valence electrons. The molecule has 20 heavy (non-hydrogen) atoms. The van der Waals surface area contributed by atoms with Crippen molar-refractivity contribution in [2.24, 2.45) is 0 Å². The first kappa shape index (κ1) is 15.2. The third kappa shape index (κ3) is 2.94. The van der Waals surface area contributed by atoms with Crippen molar-refractivity contribution in [1.82, 2.24) is 9.62 Å². The molecule has 0 spiro atoms. The number of hydrogen-bond acceptors (Lipinski definition) is 4. The molecule has 5 nitrogen and oxygen atoms in total. The van der Waals surface area contributed by atoms with Gasteiger partial charge in [0.05, 0.1) is 12.0 Å². The van der Waals surface area contributed by atoms with Gasteiger partial charge in [-0.1, -0.05) is 0 Å². The lowest BCUT2D eigenvalue weighted by Crippen LogP contribution is -2.46. The molecule has 0 aliphatic carbocycles. The van der Waals surface area contributed by atoms with Crippen molar-refractivity contribution < 1.29 is 17.5 Å². The van der Waals surface area contributed by atoms with Gasteiger partial charge >= 0.3 is 0 Å². The normalized spacial score (nSPS) is 20.9. The van der Waals surface area contributed by atoms with Gasteiger partial charge in [-0.05, 0) is 32.0 Å². The highest BCUT2D eigenvalue weighted by Gasteiger charge is 2.30. The molecule has 0 saturated carbocycles. The first-order valence-corrected chi connectivity index (χ1v) is 7.94. The summed E-state index contributed by atoms with van der Waals surface area (Å²) in [5, 5.41) is 3.10. The van der Waals surface area contributed by atoms with Gasteiger partial charge in [0, 0.05) is 25.2 Å². The number of nitrogens with one attached hydrogen (secondary N) is 1. The number of methoxy groups -OCH3 is 1. The zero-order valence-corrected chi connectivity index (χ0v) is 12.4. The van der Waals surface area contributed by atoms with E-state index >= 15 is 0 Å². The largest absolute Gasteiger partial charge is 0.494 e. The molecular formula is C13H19FN2O3S. The van der Waals surface area contributed by atoms with Gasteiger partial charge in [-0.25, -0.2) is 12.8 Å². The molecule has 1 aromatic carbocycles. The minimum Gasteiger partial charge on any atom is -0.494 e. The standard InChI is InChI=1S/C13H19FN2O3S/c1-15-10-4-3-7-16(9-10)20(17,18)11-5-6-12(14)13(8-11)19-2/h5-6,8,10,15H,3-4,7,9H2,1-2H3. The maximum atomic E-state index is 13.4. The predicted molar refractivity (Wildman–Crippen MR) is 73.8 cm³/mol. The number of piperidine rings is 1. The Morgan fingerprint density at radius 1 is 1.45 bits per heavy atom. The van der Waals surface area contributed by atoms with E-state index in [2.05, 4.69) is 5.32 Å². The molecule has 0 radical (unpaired) electrons. The summed E-state index contributed by atoms with van der Waals surface area (Å²) in [6, 6.07) is 3.77. The summed E-state index contributed by atoms with van der Waals surface area (Å²) in [6.45, 7) is 0.915. The summed E-state index contributed by atoms with van der Waals surface area (Å²) in [7, 11) is -0.474. The molecule has 1 aliphatic heterocycles. The van der Waals surface area contributed by atoms with E-state index in [1.54, 1.807) is 0 Å². The number of likely N-dealkylation sites (N-methyl/N-ethyl adjacent to an activating group) is 1. The number of sulfonamides is 1. The van der Waals surface area contributed by atoms with Crippen molar-refractivity contribution >= 4 is 10.0 Å². The van der Waals surface area contributed by atoms with Crippen molar-refractivity contribution in [3.8, 4) is 5.75 Å². The van der Waals surface area contributed by atoms with Crippen molar-refractivity contribution in [1.29, 1.82) is 0 Å². The first-order valence-electron chi connectivity index (χ1n) is 6.50. The van der Waals surface area contributed by atoms with E-state index in [1.165, 1.54) is 23.5 Å². The Labute approximate surface area is 118 Å². The number of hydrogen-bond donors (Lipinski definition) is 1. The van der Waals surface area contributed by atoms with Crippen LogP contribution in [0.25, 0.3) is 0 Å². The third-order valence-electron chi connectivity index (χ3n) is 3.55. The van der Waals surface area contributed by atoms with Gasteiger partial charge in [0.1, 0.15) is 0 Å². The molecule has 0 bridgehead atoms. The molecular weight excluding hydrogens is 283 g/mol. The second-order valence-corrected chi connectivity index (χ2v) is 6.73. The van der Waals surface area contributed by atoms with E-state index in [9.17, 15) is 12.8 Å². The summed E-state index contributed by atoms with van der Waals surface area (Å²) in [6.07, 6.45) is 1.76. The Morgan fingerprint density at radius 2 is 2.20 bits per heavy atom. The van der Waals surface area contributed by atoms with Crippen molar-refractivity contribution in [3.63, 3.8) is 0 Å². The van der Waals surface area contributed by atoms with Crippen LogP contribution in [-0.4, -0.2) is 46.0 Å². The van der Waals surface area contributed by atoms with E-state index in [-0.39, 0.29) is 16.7 Å². The van der Waals surface area contributed by atoms with Gasteiger partial charge in [0.25, 0.3) is 0 Å². The van der Waals surface area contributed by atoms with E-state index in [0.717, 1.165) is 18.9 Å². The Morgan fingerprint density at radius 3 is 2.85 bits per heavy atom. The van der Waals surface area contributed by atoms with Gasteiger partial charge in [-0.3, -0.25) is 0 Å². The van der Waals surface area contributed by atoms with E-state index in [1.807, 2.05) is 7.05 Å². The summed E-state index contributed by atoms with van der Waals surface area (Å²) in [4.78, 5) is 0.0625. The van der Waals surface area contributed by atoms with Crippen LogP contribution in [0.4, 0.5) is 4.39 Å². The predicted octanol–water partition coefficient (Wildman–Crippen LogP) is 1.21. The minimum absolute atomic E-state index is 0.0618. The van der Waals surface area contributed by atoms with Crippen molar-refractivity contribution in [2.45, 2.75) is 23.8 Å². The van der Waals surface area contributed by atoms with Crippen LogP contribution in [0, 0.1) is 5.82 Å². The van der Waals surface area contributed by atoms with Gasteiger partial charge in [0.2, 0.25) is 10.0 Å². The Hall–Kier alpha value is -1.18. The zero-order chi connectivity index (χ0) is 14.8. The van der Waals surface area contributed by atoms with E-state index in [4.69, 9.17) is 4.74 Å². The molecule has 1 saturated heterocycles. The second-order valence-electron chi connectivity index (χ2n) is 4.79. The first-order chi connectivity index (χ1) is 9.48. The molecule has 1 atom stereocenters. The van der Waals surface area contributed by atoms with Crippen LogP contribution in [0.1, 0.15) is 12.8 Å². The fourth-order valence-electron chi connectivity index (χ4n) is 2.35. The Kier molecular flexibility index (Phi) is 4.62.